The third-order valence-corrected chi connectivity index (χ3v) is 2.02. The fourth-order valence-corrected chi connectivity index (χ4v) is 1.15. The Kier molecular flexibility index (Phi) is 7.01. The number of nitrogens with two attached hydrogens (primary N) is 1. The number of hydrogen-bond donors (Lipinski definition) is 1. The fourth-order valence-electron chi connectivity index (χ4n) is 0.609. The van der Waals surface area contributed by atoms with Crippen LogP contribution >= 0.6 is 34.8 Å². The summed E-state index contributed by atoms with van der Waals surface area (Å²) in [4.78, 5) is 3.76. The molecule has 1 aromatic heterocycles. The monoisotopic (exact) mass is 256 g/mol. The Morgan fingerprint density at radius 3 is 2.36 bits per heavy atom. The first-order chi connectivity index (χ1) is 6.65. The van der Waals surface area contributed by atoms with Gasteiger partial charge in [0.1, 0.15) is 11.8 Å². The fraction of sp³-hybridized carbons (Fsp3) is 0.375. The molecule has 1 aromatic rings. The van der Waals surface area contributed by atoms with Crippen molar-refractivity contribution < 1.29 is 4.74 Å². The first-order valence-corrected chi connectivity index (χ1v) is 5.13. The molecule has 0 spiro atoms. The first-order valence-electron chi connectivity index (χ1n) is 3.99. The summed E-state index contributed by atoms with van der Waals surface area (Å²) < 4.78 is 4.86. The highest BCUT2D eigenvalue weighted by Crippen LogP contribution is 2.29. The van der Waals surface area contributed by atoms with Crippen molar-refractivity contribution in [3.8, 4) is 5.88 Å². The zero-order valence-corrected chi connectivity index (χ0v) is 10.1. The van der Waals surface area contributed by atoms with Crippen LogP contribution in [0.4, 0.5) is 0 Å². The smallest absolute Gasteiger partial charge is 0.235 e. The summed E-state index contributed by atoms with van der Waals surface area (Å²) in [7, 11) is 0. The summed E-state index contributed by atoms with van der Waals surface area (Å²) in [6.45, 7) is 3.99. The van der Waals surface area contributed by atoms with Gasteiger partial charge in [0.15, 0.2) is 5.15 Å². The van der Waals surface area contributed by atoms with Gasteiger partial charge in [-0.2, -0.15) is 4.98 Å². The molecule has 0 saturated carbocycles. The number of ether oxygens (including phenoxy) is 1. The van der Waals surface area contributed by atoms with Gasteiger partial charge in [0, 0.05) is 0 Å². The average molecular weight is 258 g/mol. The van der Waals surface area contributed by atoms with E-state index in [1.807, 2.05) is 13.8 Å². The first kappa shape index (κ1) is 13.8. The Bertz CT molecular complexity index is 294. The number of hydrogen-bond acceptors (Lipinski definition) is 3. The second kappa shape index (κ2) is 7.12. The molecule has 0 bridgehead atoms. The highest BCUT2D eigenvalue weighted by atomic mass is 35.5. The molecule has 0 fully saturated rings. The van der Waals surface area contributed by atoms with Gasteiger partial charge in [0.05, 0.1) is 5.02 Å². The minimum Gasteiger partial charge on any atom is -0.461 e. The van der Waals surface area contributed by atoms with Crippen molar-refractivity contribution in [2.75, 3.05) is 6.73 Å². The number of pyridine rings is 1. The van der Waals surface area contributed by atoms with Crippen molar-refractivity contribution >= 4 is 34.8 Å². The van der Waals surface area contributed by atoms with Crippen LogP contribution in [0.3, 0.4) is 0 Å². The van der Waals surface area contributed by atoms with Crippen LogP contribution in [0, 0.1) is 0 Å². The maximum Gasteiger partial charge on any atom is 0.235 e. The van der Waals surface area contributed by atoms with Crippen molar-refractivity contribution in [2.45, 2.75) is 13.8 Å². The normalized spacial score (nSPS) is 9.00. The molecule has 0 aliphatic rings. The predicted octanol–water partition coefficient (Wildman–Crippen LogP) is 3.36. The topological polar surface area (TPSA) is 48.1 Å². The van der Waals surface area contributed by atoms with E-state index in [0.717, 1.165) is 0 Å². The maximum atomic E-state index is 5.69. The third-order valence-electron chi connectivity index (χ3n) is 1.07. The van der Waals surface area contributed by atoms with Gasteiger partial charge >= 0.3 is 0 Å². The summed E-state index contributed by atoms with van der Waals surface area (Å²) in [6, 6.07) is 1.45. The SMILES string of the molecule is CC.NCOc1nc(Cl)c(Cl)cc1Cl. The van der Waals surface area contributed by atoms with Crippen molar-refractivity contribution in [1.82, 2.24) is 4.98 Å². The van der Waals surface area contributed by atoms with Crippen LogP contribution in [-0.4, -0.2) is 11.7 Å². The number of halogens is 3. The van der Waals surface area contributed by atoms with E-state index in [0.29, 0.717) is 0 Å². The summed E-state index contributed by atoms with van der Waals surface area (Å²) in [5.41, 5.74) is 5.12. The Labute approximate surface area is 98.1 Å². The minimum atomic E-state index is -0.00924. The molecule has 0 radical (unpaired) electrons. The zero-order valence-electron chi connectivity index (χ0n) is 7.85. The summed E-state index contributed by atoms with van der Waals surface area (Å²) in [5.74, 6) is 0.188. The molecule has 0 aliphatic heterocycles. The van der Waals surface area contributed by atoms with E-state index in [4.69, 9.17) is 45.3 Å². The van der Waals surface area contributed by atoms with E-state index in [9.17, 15) is 0 Å². The van der Waals surface area contributed by atoms with Gasteiger partial charge < -0.3 is 4.74 Å². The highest BCUT2D eigenvalue weighted by molar-refractivity contribution is 6.42. The van der Waals surface area contributed by atoms with Crippen molar-refractivity contribution in [3.05, 3.63) is 21.3 Å². The average Bonchev–Trinajstić information content (AvgIpc) is 2.18. The Hall–Kier alpha value is -0.220. The summed E-state index contributed by atoms with van der Waals surface area (Å²) >= 11 is 16.9. The predicted molar refractivity (Wildman–Crippen MR) is 60.3 cm³/mol. The van der Waals surface area contributed by atoms with Crippen LogP contribution in [0.25, 0.3) is 0 Å². The van der Waals surface area contributed by atoms with Crippen LogP contribution in [0.15, 0.2) is 6.07 Å². The molecule has 2 N–H and O–H groups in total. The molecule has 0 atom stereocenters. The van der Waals surface area contributed by atoms with Crippen molar-refractivity contribution in [2.24, 2.45) is 5.73 Å². The molecular formula is C8H11Cl3N2O. The maximum absolute atomic E-state index is 5.69. The van der Waals surface area contributed by atoms with E-state index in [1.165, 1.54) is 6.07 Å². The molecule has 80 valence electrons. The minimum absolute atomic E-state index is 0.00924. The molecule has 1 heterocycles. The molecule has 0 aromatic carbocycles. The van der Waals surface area contributed by atoms with Gasteiger partial charge in [0.2, 0.25) is 5.88 Å². The van der Waals surface area contributed by atoms with Crippen LogP contribution in [-0.2, 0) is 0 Å². The largest absolute Gasteiger partial charge is 0.461 e. The Morgan fingerprint density at radius 2 is 1.86 bits per heavy atom. The van der Waals surface area contributed by atoms with Gasteiger partial charge in [-0.05, 0) is 6.07 Å². The molecule has 6 heteroatoms. The standard InChI is InChI=1S/C6H5Cl3N2O.C2H6/c7-3-1-4(8)6(12-2-10)11-5(3)9;1-2/h1H,2,10H2;1-2H3. The summed E-state index contributed by atoms with van der Waals surface area (Å²) in [6.07, 6.45) is 0. The molecule has 0 saturated heterocycles. The lowest BCUT2D eigenvalue weighted by molar-refractivity contribution is 0.317. The van der Waals surface area contributed by atoms with Gasteiger partial charge in [-0.3, -0.25) is 5.73 Å². The van der Waals surface area contributed by atoms with Gasteiger partial charge in [0.25, 0.3) is 0 Å². The summed E-state index contributed by atoms with van der Waals surface area (Å²) in [5, 5.41) is 0.713. The highest BCUT2D eigenvalue weighted by Gasteiger charge is 2.07. The molecule has 0 unspecified atom stereocenters. The molecule has 14 heavy (non-hydrogen) atoms. The van der Waals surface area contributed by atoms with Crippen LogP contribution < -0.4 is 10.5 Å². The van der Waals surface area contributed by atoms with Crippen LogP contribution in [0.2, 0.25) is 15.2 Å². The molecule has 0 aliphatic carbocycles. The second-order valence-corrected chi connectivity index (χ2v) is 3.03. The Balaban J connectivity index is 0.000000791. The molecule has 3 nitrogen and oxygen atoms in total. The van der Waals surface area contributed by atoms with Crippen molar-refractivity contribution in [3.63, 3.8) is 0 Å². The van der Waals surface area contributed by atoms with E-state index >= 15 is 0 Å². The van der Waals surface area contributed by atoms with E-state index in [2.05, 4.69) is 4.98 Å². The Morgan fingerprint density at radius 1 is 1.29 bits per heavy atom. The number of nitrogens with zero attached hydrogens (tertiary/aromatic N) is 1. The van der Waals surface area contributed by atoms with E-state index in [1.54, 1.807) is 0 Å². The lowest BCUT2D eigenvalue weighted by atomic mass is 10.5. The second-order valence-electron chi connectivity index (χ2n) is 1.86. The quantitative estimate of drug-likeness (QED) is 0.653. The zero-order chi connectivity index (χ0) is 11.1. The van der Waals surface area contributed by atoms with E-state index in [-0.39, 0.29) is 27.8 Å². The third kappa shape index (κ3) is 3.88. The van der Waals surface area contributed by atoms with Crippen LogP contribution in [0.1, 0.15) is 13.8 Å². The molecular weight excluding hydrogens is 246 g/mol. The molecule has 0 amide bonds. The lowest BCUT2D eigenvalue weighted by Gasteiger charge is -2.04. The molecule has 1 rings (SSSR count). The lowest BCUT2D eigenvalue weighted by Crippen LogP contribution is -2.08. The number of rotatable bonds is 2. The van der Waals surface area contributed by atoms with Gasteiger partial charge in [-0.25, -0.2) is 0 Å². The van der Waals surface area contributed by atoms with Gasteiger partial charge in [-0.15, -0.1) is 0 Å². The van der Waals surface area contributed by atoms with Gasteiger partial charge in [-0.1, -0.05) is 48.7 Å². The van der Waals surface area contributed by atoms with Crippen LogP contribution in [0.5, 0.6) is 5.88 Å². The van der Waals surface area contributed by atoms with E-state index < -0.39 is 0 Å². The number of aromatic nitrogens is 1. The van der Waals surface area contributed by atoms with Crippen molar-refractivity contribution in [1.29, 1.82) is 0 Å².